The van der Waals surface area contributed by atoms with E-state index in [1.807, 2.05) is 0 Å². The van der Waals surface area contributed by atoms with Gasteiger partial charge in [-0.05, 0) is 26.3 Å². The zero-order chi connectivity index (χ0) is 12.3. The number of pyridine rings is 1. The first kappa shape index (κ1) is 11.8. The molecule has 17 heavy (non-hydrogen) atoms. The van der Waals surface area contributed by atoms with Gasteiger partial charge < -0.3 is 10.6 Å². The summed E-state index contributed by atoms with van der Waals surface area (Å²) in [5.74, 6) is 0.582. The van der Waals surface area contributed by atoms with Crippen LogP contribution in [0.2, 0.25) is 0 Å². The topological polar surface area (TPSA) is 80.1 Å². The Balaban J connectivity index is 2.02. The molecule has 2 heterocycles. The third-order valence-corrected chi connectivity index (χ3v) is 2.93. The van der Waals surface area contributed by atoms with Crippen LogP contribution in [0.3, 0.4) is 0 Å². The number of anilines is 1. The predicted octanol–water partition coefficient (Wildman–Crippen LogP) is 1.54. The molecule has 1 fully saturated rings. The highest BCUT2D eigenvalue weighted by Crippen LogP contribution is 2.18. The van der Waals surface area contributed by atoms with Gasteiger partial charge in [-0.3, -0.25) is 10.1 Å². The lowest BCUT2D eigenvalue weighted by Gasteiger charge is -2.28. The number of nitrogens with one attached hydrogen (secondary N) is 2. The number of hydrogen-bond acceptors (Lipinski definition) is 5. The van der Waals surface area contributed by atoms with E-state index in [0.29, 0.717) is 17.9 Å². The lowest BCUT2D eigenvalue weighted by molar-refractivity contribution is -0.384. The molecule has 2 N–H and O–H groups in total. The van der Waals surface area contributed by atoms with Crippen LogP contribution in [0, 0.1) is 10.1 Å². The van der Waals surface area contributed by atoms with Crippen LogP contribution in [0.4, 0.5) is 11.5 Å². The minimum Gasteiger partial charge on any atom is -0.367 e. The number of nitrogens with zero attached hydrogens (tertiary/aromatic N) is 2. The van der Waals surface area contributed by atoms with Crippen molar-refractivity contribution in [2.24, 2.45) is 0 Å². The number of aromatic nitrogens is 1. The predicted molar refractivity (Wildman–Crippen MR) is 65.0 cm³/mol. The second-order valence-corrected chi connectivity index (χ2v) is 4.38. The third-order valence-electron chi connectivity index (χ3n) is 2.93. The van der Waals surface area contributed by atoms with Crippen molar-refractivity contribution < 1.29 is 4.92 Å². The highest BCUT2D eigenvalue weighted by Gasteiger charge is 2.18. The van der Waals surface area contributed by atoms with Crippen LogP contribution >= 0.6 is 0 Å². The lowest BCUT2D eigenvalue weighted by atomic mass is 10.0. The fourth-order valence-corrected chi connectivity index (χ4v) is 2.08. The van der Waals surface area contributed by atoms with Gasteiger partial charge in [0.2, 0.25) is 0 Å². The average Bonchev–Trinajstić information content (AvgIpc) is 2.29. The van der Waals surface area contributed by atoms with E-state index in [2.05, 4.69) is 22.5 Å². The number of rotatable bonds is 3. The maximum absolute atomic E-state index is 10.6. The highest BCUT2D eigenvalue weighted by atomic mass is 16.6. The quantitative estimate of drug-likeness (QED) is 0.614. The van der Waals surface area contributed by atoms with Crippen LogP contribution in [0.15, 0.2) is 18.3 Å². The number of hydrogen-bond donors (Lipinski definition) is 2. The van der Waals surface area contributed by atoms with E-state index in [-0.39, 0.29) is 5.69 Å². The second kappa shape index (κ2) is 5.09. The van der Waals surface area contributed by atoms with Crippen molar-refractivity contribution in [1.29, 1.82) is 0 Å². The zero-order valence-corrected chi connectivity index (χ0v) is 9.72. The van der Waals surface area contributed by atoms with Crippen molar-refractivity contribution in [3.05, 3.63) is 28.4 Å². The maximum atomic E-state index is 10.6. The lowest BCUT2D eigenvalue weighted by Crippen LogP contribution is -2.41. The molecule has 0 saturated carbocycles. The highest BCUT2D eigenvalue weighted by molar-refractivity contribution is 5.44. The Morgan fingerprint density at radius 3 is 3.18 bits per heavy atom. The van der Waals surface area contributed by atoms with Crippen LogP contribution in [-0.2, 0) is 0 Å². The van der Waals surface area contributed by atoms with Gasteiger partial charge in [0.05, 0.1) is 11.0 Å². The molecule has 0 radical (unpaired) electrons. The standard InChI is InChI=1S/C11H16N4O2/c1-8-6-9(2-4-12-8)14-11-7-10(15(16)17)3-5-13-11/h3,5,7-9,12H,2,4,6H2,1H3,(H,13,14). The van der Waals surface area contributed by atoms with Crippen molar-refractivity contribution >= 4 is 11.5 Å². The molecular formula is C11H16N4O2. The summed E-state index contributed by atoms with van der Waals surface area (Å²) >= 11 is 0. The summed E-state index contributed by atoms with van der Waals surface area (Å²) in [6.45, 7) is 3.10. The molecule has 0 aliphatic carbocycles. The second-order valence-electron chi connectivity index (χ2n) is 4.38. The van der Waals surface area contributed by atoms with Crippen molar-refractivity contribution in [2.45, 2.75) is 31.8 Å². The summed E-state index contributed by atoms with van der Waals surface area (Å²) in [6.07, 6.45) is 3.48. The fraction of sp³-hybridized carbons (Fsp3) is 0.545. The summed E-state index contributed by atoms with van der Waals surface area (Å²) in [5.41, 5.74) is 0.0736. The van der Waals surface area contributed by atoms with Crippen LogP contribution < -0.4 is 10.6 Å². The van der Waals surface area contributed by atoms with E-state index in [1.54, 1.807) is 0 Å². The van der Waals surface area contributed by atoms with Gasteiger partial charge in [-0.25, -0.2) is 4.98 Å². The van der Waals surface area contributed by atoms with E-state index < -0.39 is 4.92 Å². The molecule has 2 rings (SSSR count). The molecule has 0 aromatic carbocycles. The molecule has 2 unspecified atom stereocenters. The molecule has 1 aromatic heterocycles. The molecule has 1 aliphatic heterocycles. The van der Waals surface area contributed by atoms with Crippen molar-refractivity contribution in [3.63, 3.8) is 0 Å². The van der Waals surface area contributed by atoms with Gasteiger partial charge in [-0.2, -0.15) is 0 Å². The van der Waals surface area contributed by atoms with Gasteiger partial charge in [-0.1, -0.05) is 0 Å². The van der Waals surface area contributed by atoms with E-state index >= 15 is 0 Å². The first-order chi connectivity index (χ1) is 8.15. The van der Waals surface area contributed by atoms with E-state index in [0.717, 1.165) is 19.4 Å². The van der Waals surface area contributed by atoms with Crippen LogP contribution in [-0.4, -0.2) is 28.5 Å². The van der Waals surface area contributed by atoms with E-state index in [1.165, 1.54) is 18.3 Å². The van der Waals surface area contributed by atoms with Crippen LogP contribution in [0.1, 0.15) is 19.8 Å². The Hall–Kier alpha value is -1.69. The Morgan fingerprint density at radius 1 is 1.65 bits per heavy atom. The van der Waals surface area contributed by atoms with Gasteiger partial charge in [0.25, 0.3) is 5.69 Å². The van der Waals surface area contributed by atoms with Gasteiger partial charge in [-0.15, -0.1) is 0 Å². The third kappa shape index (κ3) is 3.13. The van der Waals surface area contributed by atoms with Crippen LogP contribution in [0.5, 0.6) is 0 Å². The maximum Gasteiger partial charge on any atom is 0.274 e. The SMILES string of the molecule is CC1CC(Nc2cc([N+](=O)[O-])ccn2)CCN1. The normalized spacial score (nSPS) is 24.3. The molecule has 0 amide bonds. The first-order valence-corrected chi connectivity index (χ1v) is 5.75. The summed E-state index contributed by atoms with van der Waals surface area (Å²) in [7, 11) is 0. The molecule has 1 aliphatic rings. The summed E-state index contributed by atoms with van der Waals surface area (Å²) in [5, 5.41) is 17.2. The number of piperidine rings is 1. The van der Waals surface area contributed by atoms with Crippen molar-refractivity contribution in [1.82, 2.24) is 10.3 Å². The molecule has 6 heteroatoms. The Morgan fingerprint density at radius 2 is 2.47 bits per heavy atom. The molecule has 92 valence electrons. The average molecular weight is 236 g/mol. The van der Waals surface area contributed by atoms with Gasteiger partial charge in [0, 0.05) is 24.3 Å². The molecule has 0 bridgehead atoms. The van der Waals surface area contributed by atoms with Gasteiger partial charge >= 0.3 is 0 Å². The largest absolute Gasteiger partial charge is 0.367 e. The summed E-state index contributed by atoms with van der Waals surface area (Å²) in [4.78, 5) is 14.3. The minimum atomic E-state index is -0.405. The summed E-state index contributed by atoms with van der Waals surface area (Å²) < 4.78 is 0. The smallest absolute Gasteiger partial charge is 0.274 e. The molecular weight excluding hydrogens is 220 g/mol. The van der Waals surface area contributed by atoms with Gasteiger partial charge in [0.1, 0.15) is 5.82 Å². The first-order valence-electron chi connectivity index (χ1n) is 5.75. The number of nitro groups is 1. The fourth-order valence-electron chi connectivity index (χ4n) is 2.08. The zero-order valence-electron chi connectivity index (χ0n) is 9.72. The van der Waals surface area contributed by atoms with E-state index in [9.17, 15) is 10.1 Å². The van der Waals surface area contributed by atoms with E-state index in [4.69, 9.17) is 0 Å². The molecule has 0 spiro atoms. The monoisotopic (exact) mass is 236 g/mol. The Kier molecular flexibility index (Phi) is 3.53. The molecule has 2 atom stereocenters. The van der Waals surface area contributed by atoms with Crippen molar-refractivity contribution in [2.75, 3.05) is 11.9 Å². The molecule has 6 nitrogen and oxygen atoms in total. The van der Waals surface area contributed by atoms with Gasteiger partial charge in [0.15, 0.2) is 0 Å². The molecule has 1 saturated heterocycles. The summed E-state index contributed by atoms with van der Waals surface area (Å²) in [6, 6.07) is 3.68. The Labute approximate surface area is 99.6 Å². The van der Waals surface area contributed by atoms with Crippen molar-refractivity contribution in [3.8, 4) is 0 Å². The molecule has 1 aromatic rings. The van der Waals surface area contributed by atoms with Crippen LogP contribution in [0.25, 0.3) is 0 Å². The minimum absolute atomic E-state index is 0.0736. The Bertz CT molecular complexity index is 410.